The van der Waals surface area contributed by atoms with Gasteiger partial charge in [0.05, 0.1) is 6.10 Å². The quantitative estimate of drug-likeness (QED) is 0.857. The summed E-state index contributed by atoms with van der Waals surface area (Å²) in [7, 11) is 0. The molecule has 1 amide bonds. The van der Waals surface area contributed by atoms with E-state index in [0.717, 1.165) is 36.5 Å². The van der Waals surface area contributed by atoms with Crippen molar-refractivity contribution in [2.75, 3.05) is 13.2 Å². The molecule has 6 nitrogen and oxygen atoms in total. The molecule has 1 aromatic carbocycles. The Kier molecular flexibility index (Phi) is 4.92. The van der Waals surface area contributed by atoms with Crippen molar-refractivity contribution in [1.82, 2.24) is 15.5 Å². The zero-order valence-corrected chi connectivity index (χ0v) is 13.2. The number of aromatic amines is 1. The van der Waals surface area contributed by atoms with E-state index in [9.17, 15) is 4.79 Å². The number of nitrogens with zero attached hydrogens (tertiary/aromatic N) is 1. The van der Waals surface area contributed by atoms with Gasteiger partial charge in [0.15, 0.2) is 0 Å². The molecule has 1 aromatic heterocycles. The summed E-state index contributed by atoms with van der Waals surface area (Å²) in [6.07, 6.45) is 2.39. The summed E-state index contributed by atoms with van der Waals surface area (Å²) >= 11 is 0. The van der Waals surface area contributed by atoms with Gasteiger partial charge in [0, 0.05) is 18.8 Å². The minimum atomic E-state index is -0.187. The molecule has 1 saturated heterocycles. The van der Waals surface area contributed by atoms with E-state index in [2.05, 4.69) is 15.5 Å². The summed E-state index contributed by atoms with van der Waals surface area (Å²) in [6.45, 7) is 3.74. The third kappa shape index (κ3) is 4.32. The molecule has 2 heterocycles. The number of carbonyl (C=O) groups excluding carboxylic acids is 1. The molecule has 1 aliphatic rings. The molecule has 2 aromatic rings. The van der Waals surface area contributed by atoms with Gasteiger partial charge in [0.25, 0.3) is 5.91 Å². The molecule has 0 radical (unpaired) electrons. The first-order valence-corrected chi connectivity index (χ1v) is 7.84. The maximum absolute atomic E-state index is 11.9. The Bertz CT molecular complexity index is 645. The lowest BCUT2D eigenvalue weighted by molar-refractivity contribution is 0.0679. The van der Waals surface area contributed by atoms with Crippen molar-refractivity contribution in [3.8, 4) is 5.75 Å². The summed E-state index contributed by atoms with van der Waals surface area (Å²) in [6, 6.07) is 9.43. The maximum atomic E-state index is 11.9. The van der Waals surface area contributed by atoms with Gasteiger partial charge in [0.1, 0.15) is 18.1 Å². The fourth-order valence-corrected chi connectivity index (χ4v) is 2.48. The van der Waals surface area contributed by atoms with Crippen LogP contribution in [0, 0.1) is 6.92 Å². The smallest absolute Gasteiger partial charge is 0.272 e. The average molecular weight is 315 g/mol. The predicted octanol–water partition coefficient (Wildman–Crippen LogP) is 2.21. The lowest BCUT2D eigenvalue weighted by Gasteiger charge is -2.11. The molecule has 1 atom stereocenters. The highest BCUT2D eigenvalue weighted by atomic mass is 16.5. The largest absolute Gasteiger partial charge is 0.491 e. The first-order valence-electron chi connectivity index (χ1n) is 7.84. The summed E-state index contributed by atoms with van der Waals surface area (Å²) in [5, 5.41) is 9.53. The van der Waals surface area contributed by atoms with E-state index in [1.54, 1.807) is 6.07 Å². The fourth-order valence-electron chi connectivity index (χ4n) is 2.48. The van der Waals surface area contributed by atoms with Crippen molar-refractivity contribution in [2.24, 2.45) is 0 Å². The number of aromatic nitrogens is 2. The van der Waals surface area contributed by atoms with E-state index in [1.807, 2.05) is 31.2 Å². The second kappa shape index (κ2) is 7.28. The van der Waals surface area contributed by atoms with Crippen LogP contribution in [-0.2, 0) is 11.3 Å². The third-order valence-electron chi connectivity index (χ3n) is 3.77. The molecule has 1 aliphatic heterocycles. The molecule has 3 rings (SSSR count). The van der Waals surface area contributed by atoms with Gasteiger partial charge >= 0.3 is 0 Å². The number of aryl methyl sites for hydroxylation is 1. The Morgan fingerprint density at radius 2 is 2.26 bits per heavy atom. The summed E-state index contributed by atoms with van der Waals surface area (Å²) in [5.41, 5.74) is 2.27. The Hall–Kier alpha value is -2.34. The highest BCUT2D eigenvalue weighted by Crippen LogP contribution is 2.16. The maximum Gasteiger partial charge on any atom is 0.272 e. The van der Waals surface area contributed by atoms with E-state index in [4.69, 9.17) is 9.47 Å². The fraction of sp³-hybridized carbons (Fsp3) is 0.412. The second-order valence-corrected chi connectivity index (χ2v) is 5.71. The van der Waals surface area contributed by atoms with Crippen LogP contribution in [0.2, 0.25) is 0 Å². The summed E-state index contributed by atoms with van der Waals surface area (Å²) in [5.74, 6) is 0.631. The van der Waals surface area contributed by atoms with Crippen molar-refractivity contribution >= 4 is 5.91 Å². The Morgan fingerprint density at radius 1 is 1.43 bits per heavy atom. The van der Waals surface area contributed by atoms with E-state index >= 15 is 0 Å². The highest BCUT2D eigenvalue weighted by Gasteiger charge is 2.15. The molecular weight excluding hydrogens is 294 g/mol. The lowest BCUT2D eigenvalue weighted by Crippen LogP contribution is -2.23. The zero-order valence-electron chi connectivity index (χ0n) is 13.2. The van der Waals surface area contributed by atoms with Gasteiger partial charge < -0.3 is 14.8 Å². The average Bonchev–Trinajstić information content (AvgIpc) is 3.23. The van der Waals surface area contributed by atoms with Crippen LogP contribution >= 0.6 is 0 Å². The number of carbonyl (C=O) groups is 1. The van der Waals surface area contributed by atoms with Crippen molar-refractivity contribution in [1.29, 1.82) is 0 Å². The second-order valence-electron chi connectivity index (χ2n) is 5.71. The van der Waals surface area contributed by atoms with Gasteiger partial charge in [-0.05, 0) is 43.5 Å². The molecular formula is C17H21N3O3. The number of H-pyrrole nitrogens is 1. The predicted molar refractivity (Wildman–Crippen MR) is 85.4 cm³/mol. The number of amides is 1. The Labute approximate surface area is 135 Å². The molecule has 1 fully saturated rings. The number of benzene rings is 1. The van der Waals surface area contributed by atoms with Crippen molar-refractivity contribution in [2.45, 2.75) is 32.4 Å². The van der Waals surface area contributed by atoms with Gasteiger partial charge in [0.2, 0.25) is 0 Å². The number of nitrogens with one attached hydrogen (secondary N) is 2. The molecule has 0 unspecified atom stereocenters. The molecule has 0 spiro atoms. The van der Waals surface area contributed by atoms with Crippen LogP contribution in [0.25, 0.3) is 0 Å². The lowest BCUT2D eigenvalue weighted by atomic mass is 10.2. The number of hydrogen-bond acceptors (Lipinski definition) is 4. The van der Waals surface area contributed by atoms with Crippen molar-refractivity contribution in [3.05, 3.63) is 47.3 Å². The SMILES string of the molecule is Cc1cc(C(=O)NCc2ccc(OC[C@H]3CCCO3)cc2)n[nH]1. The number of hydrogen-bond donors (Lipinski definition) is 2. The van der Waals surface area contributed by atoms with Gasteiger partial charge in [-0.2, -0.15) is 5.10 Å². The topological polar surface area (TPSA) is 76.2 Å². The van der Waals surface area contributed by atoms with E-state index in [-0.39, 0.29) is 12.0 Å². The van der Waals surface area contributed by atoms with Crippen molar-refractivity contribution < 1.29 is 14.3 Å². The highest BCUT2D eigenvalue weighted by molar-refractivity contribution is 5.92. The molecule has 0 saturated carbocycles. The Morgan fingerprint density at radius 3 is 2.91 bits per heavy atom. The summed E-state index contributed by atoms with van der Waals surface area (Å²) < 4.78 is 11.2. The van der Waals surface area contributed by atoms with E-state index in [0.29, 0.717) is 18.8 Å². The molecule has 23 heavy (non-hydrogen) atoms. The monoisotopic (exact) mass is 315 g/mol. The normalized spacial score (nSPS) is 17.2. The molecule has 0 bridgehead atoms. The third-order valence-corrected chi connectivity index (χ3v) is 3.77. The molecule has 6 heteroatoms. The Balaban J connectivity index is 1.46. The van der Waals surface area contributed by atoms with Crippen molar-refractivity contribution in [3.63, 3.8) is 0 Å². The number of ether oxygens (including phenoxy) is 2. The number of rotatable bonds is 6. The molecule has 0 aliphatic carbocycles. The van der Waals surface area contributed by atoms with Gasteiger partial charge in [-0.25, -0.2) is 0 Å². The van der Waals surface area contributed by atoms with Crippen LogP contribution in [0.3, 0.4) is 0 Å². The van der Waals surface area contributed by atoms with Crippen LogP contribution in [0.1, 0.15) is 34.6 Å². The van der Waals surface area contributed by atoms with Crippen LogP contribution in [0.4, 0.5) is 0 Å². The van der Waals surface area contributed by atoms with Gasteiger partial charge in [-0.15, -0.1) is 0 Å². The van der Waals surface area contributed by atoms with Gasteiger partial charge in [-0.3, -0.25) is 9.89 Å². The minimum absolute atomic E-state index is 0.187. The first kappa shape index (κ1) is 15.6. The first-order chi connectivity index (χ1) is 11.2. The van der Waals surface area contributed by atoms with Crippen LogP contribution < -0.4 is 10.1 Å². The zero-order chi connectivity index (χ0) is 16.1. The molecule has 2 N–H and O–H groups in total. The summed E-state index contributed by atoms with van der Waals surface area (Å²) in [4.78, 5) is 11.9. The molecule has 122 valence electrons. The van der Waals surface area contributed by atoms with Crippen LogP contribution in [0.5, 0.6) is 5.75 Å². The van der Waals surface area contributed by atoms with Crippen LogP contribution in [-0.4, -0.2) is 35.4 Å². The van der Waals surface area contributed by atoms with E-state index < -0.39 is 0 Å². The van der Waals surface area contributed by atoms with Gasteiger partial charge in [-0.1, -0.05) is 12.1 Å². The standard InChI is InChI=1S/C17H21N3O3/c1-12-9-16(20-19-12)17(21)18-10-13-4-6-14(7-5-13)23-11-15-3-2-8-22-15/h4-7,9,15H,2-3,8,10-11H2,1H3,(H,18,21)(H,19,20)/t15-/m1/s1. The van der Waals surface area contributed by atoms with Crippen LogP contribution in [0.15, 0.2) is 30.3 Å². The minimum Gasteiger partial charge on any atom is -0.491 e. The van der Waals surface area contributed by atoms with E-state index in [1.165, 1.54) is 0 Å².